The fourth-order valence-corrected chi connectivity index (χ4v) is 7.63. The van der Waals surface area contributed by atoms with E-state index in [0.717, 1.165) is 12.8 Å². The van der Waals surface area contributed by atoms with Crippen LogP contribution in [-0.4, -0.2) is 0 Å². The zero-order chi connectivity index (χ0) is 25.8. The van der Waals surface area contributed by atoms with Crippen molar-refractivity contribution in [1.82, 2.24) is 0 Å². The van der Waals surface area contributed by atoms with Crippen LogP contribution in [0.2, 0.25) is 0 Å². The molecule has 7 aromatic rings. The molecule has 1 heteroatoms. The van der Waals surface area contributed by atoms with Crippen LogP contribution in [0, 0.1) is 0 Å². The molecule has 0 atom stereocenters. The van der Waals surface area contributed by atoms with Gasteiger partial charge in [0.2, 0.25) is 0 Å². The first-order chi connectivity index (χ1) is 19.4. The van der Waals surface area contributed by atoms with Crippen molar-refractivity contribution in [2.24, 2.45) is 0 Å². The summed E-state index contributed by atoms with van der Waals surface area (Å²) in [5, 5.41) is 5.38. The summed E-state index contributed by atoms with van der Waals surface area (Å²) in [5.74, 6) is 0. The van der Waals surface area contributed by atoms with Crippen LogP contribution in [0.15, 0.2) is 127 Å². The van der Waals surface area contributed by atoms with E-state index in [1.54, 1.807) is 0 Å². The molecule has 6 aromatic carbocycles. The minimum Gasteiger partial charge on any atom is -0.135 e. The largest absolute Gasteiger partial charge is 0.135 e. The Hall–Kier alpha value is -4.46. The lowest BCUT2D eigenvalue weighted by Gasteiger charge is -2.24. The number of rotatable bonds is 3. The van der Waals surface area contributed by atoms with Crippen LogP contribution in [0.25, 0.3) is 70.4 Å². The van der Waals surface area contributed by atoms with Gasteiger partial charge in [0.05, 0.1) is 0 Å². The molecule has 0 saturated heterocycles. The van der Waals surface area contributed by atoms with E-state index in [-0.39, 0.29) is 0 Å². The minimum atomic E-state index is 1.06. The Morgan fingerprint density at radius 1 is 0.487 bits per heavy atom. The van der Waals surface area contributed by atoms with E-state index >= 15 is 0 Å². The predicted octanol–water partition coefficient (Wildman–Crippen LogP) is 11.2. The van der Waals surface area contributed by atoms with E-state index in [1.807, 2.05) is 11.3 Å². The van der Waals surface area contributed by atoms with Gasteiger partial charge in [0.15, 0.2) is 0 Å². The fourth-order valence-electron chi connectivity index (χ4n) is 6.41. The van der Waals surface area contributed by atoms with Crippen molar-refractivity contribution in [3.8, 4) is 33.4 Å². The molecule has 0 amide bonds. The standard InChI is InChI=1S/C38H26S/c1-2-11-25(12-3-1)26-21-23-27(24-22-26)36-29-14-4-6-16-31(29)37(32-17-7-5-15-30(32)36)34-19-10-18-33-28-13-8-9-20-35(28)39-38(33)34/h1-6,8-16,18-24H,7,17H2. The van der Waals surface area contributed by atoms with Gasteiger partial charge in [-0.1, -0.05) is 127 Å². The van der Waals surface area contributed by atoms with Crippen LogP contribution in [-0.2, 0) is 6.42 Å². The van der Waals surface area contributed by atoms with Gasteiger partial charge in [0, 0.05) is 25.7 Å². The zero-order valence-corrected chi connectivity index (χ0v) is 22.3. The summed E-state index contributed by atoms with van der Waals surface area (Å²) >= 11 is 1.92. The van der Waals surface area contributed by atoms with Gasteiger partial charge in [-0.25, -0.2) is 0 Å². The Morgan fingerprint density at radius 2 is 1.13 bits per heavy atom. The molecular weight excluding hydrogens is 488 g/mol. The summed E-state index contributed by atoms with van der Waals surface area (Å²) in [7, 11) is 0. The van der Waals surface area contributed by atoms with Gasteiger partial charge in [0.1, 0.15) is 0 Å². The second-order valence-electron chi connectivity index (χ2n) is 10.4. The van der Waals surface area contributed by atoms with E-state index in [1.165, 1.54) is 75.5 Å². The maximum absolute atomic E-state index is 2.38. The summed E-state index contributed by atoms with van der Waals surface area (Å²) in [5.41, 5.74) is 10.8. The smallest absolute Gasteiger partial charge is 0.0434 e. The normalized spacial score (nSPS) is 12.8. The summed E-state index contributed by atoms with van der Waals surface area (Å²) < 4.78 is 2.74. The first-order valence-corrected chi connectivity index (χ1v) is 14.5. The van der Waals surface area contributed by atoms with Crippen molar-refractivity contribution < 1.29 is 0 Å². The van der Waals surface area contributed by atoms with E-state index in [0.29, 0.717) is 0 Å². The van der Waals surface area contributed by atoms with Gasteiger partial charge in [-0.05, 0) is 68.6 Å². The van der Waals surface area contributed by atoms with Crippen LogP contribution in [0.4, 0.5) is 0 Å². The Morgan fingerprint density at radius 3 is 1.95 bits per heavy atom. The van der Waals surface area contributed by atoms with Crippen molar-refractivity contribution in [3.63, 3.8) is 0 Å². The molecule has 0 saturated carbocycles. The Balaban J connectivity index is 1.41. The SMILES string of the molecule is C1=Cc2c(c(-c3cccc4c3sc3ccccc34)c3ccccc3c2-c2ccc(-c3ccccc3)cc2)CC1. The summed E-state index contributed by atoms with van der Waals surface area (Å²) in [6.07, 6.45) is 6.86. The minimum absolute atomic E-state index is 1.06. The molecule has 0 radical (unpaired) electrons. The predicted molar refractivity (Wildman–Crippen MR) is 170 cm³/mol. The van der Waals surface area contributed by atoms with Crippen LogP contribution < -0.4 is 0 Å². The maximum atomic E-state index is 2.38. The highest BCUT2D eigenvalue weighted by atomic mass is 32.1. The topological polar surface area (TPSA) is 0 Å². The fraction of sp³-hybridized carbons (Fsp3) is 0.0526. The van der Waals surface area contributed by atoms with Crippen LogP contribution >= 0.6 is 11.3 Å². The summed E-state index contributed by atoms with van der Waals surface area (Å²) in [6, 6.07) is 44.5. The molecule has 1 aliphatic carbocycles. The molecule has 39 heavy (non-hydrogen) atoms. The third-order valence-corrected chi connectivity index (χ3v) is 9.38. The van der Waals surface area contributed by atoms with Gasteiger partial charge in [-0.15, -0.1) is 11.3 Å². The van der Waals surface area contributed by atoms with E-state index in [9.17, 15) is 0 Å². The number of thiophene rings is 1. The Labute approximate surface area is 232 Å². The molecule has 1 aliphatic rings. The highest BCUT2D eigenvalue weighted by molar-refractivity contribution is 7.26. The van der Waals surface area contributed by atoms with Gasteiger partial charge < -0.3 is 0 Å². The van der Waals surface area contributed by atoms with E-state index < -0.39 is 0 Å². The van der Waals surface area contributed by atoms with Crippen molar-refractivity contribution >= 4 is 48.4 Å². The van der Waals surface area contributed by atoms with Crippen molar-refractivity contribution in [1.29, 1.82) is 0 Å². The van der Waals surface area contributed by atoms with Crippen LogP contribution in [0.5, 0.6) is 0 Å². The first-order valence-electron chi connectivity index (χ1n) is 13.7. The Bertz CT molecular complexity index is 2040. The third-order valence-electron chi connectivity index (χ3n) is 8.16. The molecule has 184 valence electrons. The van der Waals surface area contributed by atoms with Gasteiger partial charge in [0.25, 0.3) is 0 Å². The molecule has 0 aliphatic heterocycles. The molecule has 0 bridgehead atoms. The number of hydrogen-bond acceptors (Lipinski definition) is 1. The lowest BCUT2D eigenvalue weighted by atomic mass is 9.80. The highest BCUT2D eigenvalue weighted by Gasteiger charge is 2.23. The third kappa shape index (κ3) is 3.58. The second-order valence-corrected chi connectivity index (χ2v) is 11.4. The summed E-state index contributed by atoms with van der Waals surface area (Å²) in [4.78, 5) is 0. The lowest BCUT2D eigenvalue weighted by molar-refractivity contribution is 0.992. The number of benzene rings is 6. The number of fused-ring (bicyclic) bond motifs is 5. The molecule has 1 heterocycles. The average Bonchev–Trinajstić information content (AvgIpc) is 3.40. The quantitative estimate of drug-likeness (QED) is 0.220. The van der Waals surface area contributed by atoms with Gasteiger partial charge in [-0.2, -0.15) is 0 Å². The maximum Gasteiger partial charge on any atom is 0.0434 e. The van der Waals surface area contributed by atoms with E-state index in [2.05, 4.69) is 133 Å². The number of hydrogen-bond donors (Lipinski definition) is 0. The Kier molecular flexibility index (Phi) is 5.24. The first kappa shape index (κ1) is 22.5. The molecule has 0 N–H and O–H groups in total. The molecule has 0 unspecified atom stereocenters. The van der Waals surface area contributed by atoms with Crippen LogP contribution in [0.3, 0.4) is 0 Å². The lowest BCUT2D eigenvalue weighted by Crippen LogP contribution is -2.02. The molecule has 0 nitrogen and oxygen atoms in total. The van der Waals surface area contributed by atoms with Crippen molar-refractivity contribution in [2.75, 3.05) is 0 Å². The average molecular weight is 515 g/mol. The molecule has 1 aromatic heterocycles. The molecule has 0 spiro atoms. The van der Waals surface area contributed by atoms with Crippen LogP contribution in [0.1, 0.15) is 17.5 Å². The highest BCUT2D eigenvalue weighted by Crippen LogP contribution is 2.48. The van der Waals surface area contributed by atoms with E-state index in [4.69, 9.17) is 0 Å². The number of allylic oxidation sites excluding steroid dienone is 1. The summed E-state index contributed by atoms with van der Waals surface area (Å²) in [6.45, 7) is 0. The molecular formula is C38H26S. The van der Waals surface area contributed by atoms with Crippen molar-refractivity contribution in [3.05, 3.63) is 139 Å². The van der Waals surface area contributed by atoms with Gasteiger partial charge in [-0.3, -0.25) is 0 Å². The molecule has 0 fully saturated rings. The van der Waals surface area contributed by atoms with Gasteiger partial charge >= 0.3 is 0 Å². The second kappa shape index (κ2) is 9.08. The monoisotopic (exact) mass is 514 g/mol. The molecule has 8 rings (SSSR count). The zero-order valence-electron chi connectivity index (χ0n) is 21.5. The van der Waals surface area contributed by atoms with Crippen molar-refractivity contribution in [2.45, 2.75) is 12.8 Å².